The van der Waals surface area contributed by atoms with E-state index in [0.29, 0.717) is 17.5 Å². The second-order valence-corrected chi connectivity index (χ2v) is 12.9. The third kappa shape index (κ3) is 4.39. The number of hydrogen-bond acceptors (Lipinski definition) is 4. The molecule has 7 nitrogen and oxygen atoms in total. The molecule has 3 aliphatic rings. The first kappa shape index (κ1) is 25.1. The molecule has 9 heteroatoms. The van der Waals surface area contributed by atoms with Gasteiger partial charge in [-0.2, -0.15) is 0 Å². The van der Waals surface area contributed by atoms with Crippen molar-refractivity contribution in [3.63, 3.8) is 0 Å². The quantitative estimate of drug-likeness (QED) is 0.563. The summed E-state index contributed by atoms with van der Waals surface area (Å²) >= 11 is 6.00. The fourth-order valence-corrected chi connectivity index (χ4v) is 7.66. The number of piperidine rings is 1. The fourth-order valence-electron chi connectivity index (χ4n) is 5.93. The molecule has 1 aliphatic carbocycles. The van der Waals surface area contributed by atoms with E-state index in [0.717, 1.165) is 29.3 Å². The van der Waals surface area contributed by atoms with Gasteiger partial charge in [-0.15, -0.1) is 0 Å². The van der Waals surface area contributed by atoms with E-state index in [-0.39, 0.29) is 28.1 Å². The number of rotatable bonds is 4. The molecule has 2 unspecified atom stereocenters. The minimum Gasteiger partial charge on any atom is -0.339 e. The molecule has 0 bridgehead atoms. The SMILES string of the molecule is CC(C)(C(=O)N1CCCC2CCCCC21)c1ccc(CN2C(=O)Nc3ccc(Cl)cc3S2(=O)=O)cc1. The zero-order valence-electron chi connectivity index (χ0n) is 20.7. The number of carbonyl (C=O) groups excluding carboxylic acids is 2. The number of hydrogen-bond donors (Lipinski definition) is 1. The van der Waals surface area contributed by atoms with Gasteiger partial charge in [0.05, 0.1) is 17.6 Å². The van der Waals surface area contributed by atoms with Crippen molar-refractivity contribution >= 4 is 39.2 Å². The molecule has 5 rings (SSSR count). The molecule has 2 aliphatic heterocycles. The molecule has 2 aromatic carbocycles. The number of sulfonamides is 1. The van der Waals surface area contributed by atoms with Crippen LogP contribution in [-0.4, -0.2) is 42.1 Å². The van der Waals surface area contributed by atoms with Crippen LogP contribution in [0.2, 0.25) is 5.02 Å². The lowest BCUT2D eigenvalue weighted by atomic mass is 9.76. The maximum absolute atomic E-state index is 13.7. The molecule has 2 heterocycles. The highest BCUT2D eigenvalue weighted by atomic mass is 35.5. The first-order valence-electron chi connectivity index (χ1n) is 12.6. The normalized spacial score (nSPS) is 23.5. The number of fused-ring (bicyclic) bond motifs is 2. The molecule has 36 heavy (non-hydrogen) atoms. The third-order valence-corrected chi connectivity index (χ3v) is 10.0. The van der Waals surface area contributed by atoms with Gasteiger partial charge in [0.1, 0.15) is 4.90 Å². The van der Waals surface area contributed by atoms with Gasteiger partial charge in [-0.3, -0.25) is 4.79 Å². The van der Waals surface area contributed by atoms with Crippen LogP contribution in [0.5, 0.6) is 0 Å². The lowest BCUT2D eigenvalue weighted by molar-refractivity contribution is -0.142. The zero-order chi connectivity index (χ0) is 25.7. The van der Waals surface area contributed by atoms with Crippen molar-refractivity contribution in [2.24, 2.45) is 5.92 Å². The molecule has 3 amide bonds. The highest BCUT2D eigenvalue weighted by molar-refractivity contribution is 7.90. The summed E-state index contributed by atoms with van der Waals surface area (Å²) in [5, 5.41) is 2.90. The molecule has 0 radical (unpaired) electrons. The van der Waals surface area contributed by atoms with E-state index in [1.54, 1.807) is 12.1 Å². The van der Waals surface area contributed by atoms with Crippen LogP contribution in [0.4, 0.5) is 10.5 Å². The Morgan fingerprint density at radius 2 is 1.75 bits per heavy atom. The van der Waals surface area contributed by atoms with Crippen LogP contribution in [0, 0.1) is 5.92 Å². The van der Waals surface area contributed by atoms with Crippen molar-refractivity contribution in [2.75, 3.05) is 11.9 Å². The molecule has 1 saturated heterocycles. The molecule has 192 valence electrons. The Morgan fingerprint density at radius 3 is 2.50 bits per heavy atom. The average Bonchev–Trinajstić information content (AvgIpc) is 2.87. The Morgan fingerprint density at radius 1 is 1.06 bits per heavy atom. The summed E-state index contributed by atoms with van der Waals surface area (Å²) in [4.78, 5) is 28.4. The number of amides is 3. The van der Waals surface area contributed by atoms with Gasteiger partial charge in [-0.05, 0) is 74.8 Å². The summed E-state index contributed by atoms with van der Waals surface area (Å²) in [5.74, 6) is 0.769. The highest BCUT2D eigenvalue weighted by Crippen LogP contribution is 2.38. The molecule has 2 fully saturated rings. The van der Waals surface area contributed by atoms with E-state index in [1.807, 2.05) is 26.0 Å². The van der Waals surface area contributed by atoms with Gasteiger partial charge < -0.3 is 10.2 Å². The summed E-state index contributed by atoms with van der Waals surface area (Å²) < 4.78 is 27.1. The van der Waals surface area contributed by atoms with Gasteiger partial charge in [-0.1, -0.05) is 48.7 Å². The van der Waals surface area contributed by atoms with E-state index in [4.69, 9.17) is 11.6 Å². The molecule has 1 saturated carbocycles. The minimum atomic E-state index is -4.05. The maximum Gasteiger partial charge on any atom is 0.336 e. The monoisotopic (exact) mass is 529 g/mol. The van der Waals surface area contributed by atoms with E-state index < -0.39 is 21.5 Å². The van der Waals surface area contributed by atoms with Crippen molar-refractivity contribution in [3.8, 4) is 0 Å². The third-order valence-electron chi connectivity index (χ3n) is 8.02. The van der Waals surface area contributed by atoms with Crippen LogP contribution < -0.4 is 5.32 Å². The smallest absolute Gasteiger partial charge is 0.336 e. The van der Waals surface area contributed by atoms with Crippen LogP contribution >= 0.6 is 11.6 Å². The average molecular weight is 530 g/mol. The van der Waals surface area contributed by atoms with Crippen molar-refractivity contribution in [1.82, 2.24) is 9.21 Å². The zero-order valence-corrected chi connectivity index (χ0v) is 22.2. The number of benzene rings is 2. The summed E-state index contributed by atoms with van der Waals surface area (Å²) in [6, 6.07) is 11.3. The van der Waals surface area contributed by atoms with E-state index in [2.05, 4.69) is 10.2 Å². The number of nitrogens with one attached hydrogen (secondary N) is 1. The second kappa shape index (κ2) is 9.38. The van der Waals surface area contributed by atoms with Crippen LogP contribution in [0.3, 0.4) is 0 Å². The minimum absolute atomic E-state index is 0.0273. The van der Waals surface area contributed by atoms with Gasteiger partial charge in [0.15, 0.2) is 0 Å². The summed E-state index contributed by atoms with van der Waals surface area (Å²) in [6.45, 7) is 4.61. The van der Waals surface area contributed by atoms with Crippen LogP contribution in [0.25, 0.3) is 0 Å². The van der Waals surface area contributed by atoms with Gasteiger partial charge in [0.25, 0.3) is 10.0 Å². The molecular weight excluding hydrogens is 498 g/mol. The van der Waals surface area contributed by atoms with Crippen molar-refractivity contribution in [2.45, 2.75) is 75.3 Å². The largest absolute Gasteiger partial charge is 0.339 e. The summed E-state index contributed by atoms with van der Waals surface area (Å²) in [5.41, 5.74) is 1.03. The first-order valence-corrected chi connectivity index (χ1v) is 14.4. The van der Waals surface area contributed by atoms with Gasteiger partial charge >= 0.3 is 6.03 Å². The van der Waals surface area contributed by atoms with Crippen molar-refractivity contribution < 1.29 is 18.0 Å². The van der Waals surface area contributed by atoms with Crippen LogP contribution in [-0.2, 0) is 26.8 Å². The lowest BCUT2D eigenvalue weighted by Crippen LogP contribution is -2.54. The molecule has 2 atom stereocenters. The van der Waals surface area contributed by atoms with Gasteiger partial charge in [-0.25, -0.2) is 17.5 Å². The summed E-state index contributed by atoms with van der Waals surface area (Å²) in [7, 11) is -4.05. The van der Waals surface area contributed by atoms with Crippen LogP contribution in [0.15, 0.2) is 47.4 Å². The molecule has 0 aromatic heterocycles. The molecule has 2 aromatic rings. The fraction of sp³-hybridized carbons (Fsp3) is 0.481. The molecule has 1 N–H and O–H groups in total. The predicted octanol–water partition coefficient (Wildman–Crippen LogP) is 5.54. The number of urea groups is 1. The Kier molecular flexibility index (Phi) is 6.53. The Hall–Kier alpha value is -2.58. The predicted molar refractivity (Wildman–Crippen MR) is 139 cm³/mol. The maximum atomic E-state index is 13.7. The number of likely N-dealkylation sites (tertiary alicyclic amines) is 1. The Labute approximate surface area is 217 Å². The number of nitrogens with zero attached hydrogens (tertiary/aromatic N) is 2. The van der Waals surface area contributed by atoms with Crippen molar-refractivity contribution in [3.05, 3.63) is 58.6 Å². The molecule has 0 spiro atoms. The van der Waals surface area contributed by atoms with Crippen molar-refractivity contribution in [1.29, 1.82) is 0 Å². The Bertz CT molecular complexity index is 1290. The second-order valence-electron chi connectivity index (χ2n) is 10.7. The highest BCUT2D eigenvalue weighted by Gasteiger charge is 2.42. The van der Waals surface area contributed by atoms with Crippen LogP contribution in [0.1, 0.15) is 63.5 Å². The topological polar surface area (TPSA) is 86.8 Å². The number of carbonyl (C=O) groups is 2. The number of anilines is 1. The van der Waals surface area contributed by atoms with Gasteiger partial charge in [0.2, 0.25) is 5.91 Å². The number of halogens is 1. The van der Waals surface area contributed by atoms with E-state index >= 15 is 0 Å². The lowest BCUT2D eigenvalue weighted by Gasteiger charge is -2.46. The molecular formula is C27H32ClN3O4S. The summed E-state index contributed by atoms with van der Waals surface area (Å²) in [6.07, 6.45) is 7.02. The van der Waals surface area contributed by atoms with Gasteiger partial charge in [0, 0.05) is 17.6 Å². The Balaban J connectivity index is 1.34. The first-order chi connectivity index (χ1) is 17.1. The van der Waals surface area contributed by atoms with E-state index in [1.165, 1.54) is 43.9 Å². The standard InChI is InChI=1S/C27H32ClN3O4S/c1-27(2,25(32)30-15-5-7-19-6-3-4-8-23(19)30)20-11-9-18(10-12-20)17-31-26(33)29-22-14-13-21(28)16-24(22)36(31,34)35/h9-14,16,19,23H,3-8,15,17H2,1-2H3,(H,29,33). The van der Waals surface area contributed by atoms with E-state index in [9.17, 15) is 18.0 Å².